The smallest absolute Gasteiger partial charge is 0.252 e. The lowest BCUT2D eigenvalue weighted by atomic mass is 9.33. The Bertz CT molecular complexity index is 6650. The molecular formula is C124H140B2N4. The second kappa shape index (κ2) is 30.4. The van der Waals surface area contributed by atoms with Gasteiger partial charge in [0.15, 0.2) is 0 Å². The van der Waals surface area contributed by atoms with Gasteiger partial charge in [0.05, 0.1) is 11.4 Å². The molecule has 0 amide bonds. The van der Waals surface area contributed by atoms with Crippen molar-refractivity contribution in [2.45, 2.75) is 299 Å². The number of aryl methyl sites for hydroxylation is 2. The van der Waals surface area contributed by atoms with Crippen LogP contribution in [0.15, 0.2) is 249 Å². The van der Waals surface area contributed by atoms with Crippen LogP contribution in [0.3, 0.4) is 0 Å². The molecular weight excluding hydrogens is 1570 g/mol. The van der Waals surface area contributed by atoms with Crippen molar-refractivity contribution < 1.29 is 0 Å². The molecule has 6 heteroatoms. The van der Waals surface area contributed by atoms with Crippen LogP contribution in [0.5, 0.6) is 0 Å². The van der Waals surface area contributed by atoms with Crippen molar-refractivity contribution in [3.8, 4) is 33.4 Å². The average molecular weight is 1710 g/mol. The number of anilines is 12. The number of benzene rings is 13. The topological polar surface area (TPSA) is 13.0 Å². The first-order valence-electron chi connectivity index (χ1n) is 48.8. The molecule has 130 heavy (non-hydrogen) atoms. The van der Waals surface area contributed by atoms with Crippen molar-refractivity contribution in [1.29, 1.82) is 0 Å². The largest absolute Gasteiger partial charge is 0.311 e. The van der Waals surface area contributed by atoms with E-state index in [-0.39, 0.29) is 73.0 Å². The lowest BCUT2D eigenvalue weighted by Gasteiger charge is -2.49. The normalized spacial score (nSPS) is 17.2. The first-order valence-corrected chi connectivity index (χ1v) is 48.8. The van der Waals surface area contributed by atoms with Gasteiger partial charge in [-0.1, -0.05) is 339 Å². The van der Waals surface area contributed by atoms with Crippen LogP contribution < -0.4 is 52.4 Å². The van der Waals surface area contributed by atoms with E-state index in [1.807, 2.05) is 0 Å². The average Bonchev–Trinajstić information content (AvgIpc) is 0.689. The molecule has 4 heterocycles. The van der Waals surface area contributed by atoms with E-state index in [1.165, 1.54) is 207 Å². The maximum Gasteiger partial charge on any atom is 0.252 e. The van der Waals surface area contributed by atoms with Crippen LogP contribution in [-0.2, 0) is 59.6 Å². The summed E-state index contributed by atoms with van der Waals surface area (Å²) in [5, 5.41) is 0. The minimum absolute atomic E-state index is 0.00885. The van der Waals surface area contributed by atoms with Crippen molar-refractivity contribution in [2.24, 2.45) is 0 Å². The van der Waals surface area contributed by atoms with E-state index >= 15 is 0 Å². The second-order valence-electron chi connectivity index (χ2n) is 49.3. The van der Waals surface area contributed by atoms with Crippen LogP contribution in [0, 0.1) is 13.8 Å². The van der Waals surface area contributed by atoms with Crippen molar-refractivity contribution >= 4 is 114 Å². The van der Waals surface area contributed by atoms with E-state index in [2.05, 4.69) is 469 Å². The molecule has 0 saturated heterocycles. The number of rotatable bonds is 11. The number of fused-ring (bicyclic) bond motifs is 10. The maximum absolute atomic E-state index is 2.82. The zero-order chi connectivity index (χ0) is 92.6. The summed E-state index contributed by atoms with van der Waals surface area (Å²) in [4.78, 5) is 10.8. The van der Waals surface area contributed by atoms with Crippen molar-refractivity contribution in [3.63, 3.8) is 0 Å². The van der Waals surface area contributed by atoms with Crippen molar-refractivity contribution in [1.82, 2.24) is 0 Å². The highest BCUT2D eigenvalue weighted by atomic mass is 15.2. The lowest BCUT2D eigenvalue weighted by Crippen LogP contribution is -2.62. The van der Waals surface area contributed by atoms with Crippen LogP contribution in [0.2, 0.25) is 0 Å². The fourth-order valence-corrected chi connectivity index (χ4v) is 23.0. The Hall–Kier alpha value is -10.8. The summed E-state index contributed by atoms with van der Waals surface area (Å²) in [6.07, 6.45) is 6.43. The van der Waals surface area contributed by atoms with Crippen LogP contribution in [0.25, 0.3) is 33.4 Å². The van der Waals surface area contributed by atoms with Gasteiger partial charge in [0, 0.05) is 73.6 Å². The molecule has 0 spiro atoms. The first-order chi connectivity index (χ1) is 60.9. The molecule has 13 aromatic rings. The molecule has 0 fully saturated rings. The van der Waals surface area contributed by atoms with Gasteiger partial charge in [0.25, 0.3) is 13.4 Å². The fraction of sp³-hybridized carbons (Fsp3) is 0.371. The van der Waals surface area contributed by atoms with E-state index in [0.717, 1.165) is 38.5 Å². The monoisotopic (exact) mass is 1710 g/mol. The molecule has 1 atom stereocenters. The third-order valence-corrected chi connectivity index (χ3v) is 31.7. The Morgan fingerprint density at radius 2 is 0.608 bits per heavy atom. The molecule has 2 aliphatic carbocycles. The number of nitrogens with zero attached hydrogens (tertiary/aromatic N) is 4. The quantitative estimate of drug-likeness (QED) is 0.120. The van der Waals surface area contributed by atoms with Gasteiger partial charge in [-0.15, -0.1) is 0 Å². The highest BCUT2D eigenvalue weighted by Gasteiger charge is 2.52. The Balaban J connectivity index is 0.790. The van der Waals surface area contributed by atoms with Gasteiger partial charge in [-0.3, -0.25) is 0 Å². The van der Waals surface area contributed by atoms with E-state index in [4.69, 9.17) is 0 Å². The highest BCUT2D eigenvalue weighted by Crippen LogP contribution is 2.59. The zero-order valence-corrected chi connectivity index (χ0v) is 83.9. The van der Waals surface area contributed by atoms with E-state index in [9.17, 15) is 0 Å². The predicted octanol–water partition coefficient (Wildman–Crippen LogP) is 30.7. The van der Waals surface area contributed by atoms with Crippen LogP contribution >= 0.6 is 0 Å². The second-order valence-corrected chi connectivity index (χ2v) is 49.3. The summed E-state index contributed by atoms with van der Waals surface area (Å²) >= 11 is 0. The summed E-state index contributed by atoms with van der Waals surface area (Å²) < 4.78 is 0. The molecule has 0 aromatic heterocycles. The van der Waals surface area contributed by atoms with Crippen LogP contribution in [0.1, 0.15) is 298 Å². The number of hydrogen-bond acceptors (Lipinski definition) is 4. The highest BCUT2D eigenvalue weighted by molar-refractivity contribution is 7.01. The molecule has 0 N–H and O–H groups in total. The molecule has 0 saturated carbocycles. The number of hydrogen-bond donors (Lipinski definition) is 0. The van der Waals surface area contributed by atoms with Gasteiger partial charge in [-0.2, -0.15) is 0 Å². The van der Waals surface area contributed by atoms with E-state index < -0.39 is 0 Å². The third-order valence-electron chi connectivity index (χ3n) is 31.7. The van der Waals surface area contributed by atoms with Crippen molar-refractivity contribution in [3.05, 3.63) is 321 Å². The summed E-state index contributed by atoms with van der Waals surface area (Å²) in [6.45, 7) is 70.2. The van der Waals surface area contributed by atoms with Gasteiger partial charge in [0.1, 0.15) is 0 Å². The Labute approximate surface area is 782 Å². The van der Waals surface area contributed by atoms with Crippen molar-refractivity contribution in [2.75, 3.05) is 19.6 Å². The molecule has 19 rings (SSSR count). The summed E-state index contributed by atoms with van der Waals surface area (Å²) in [5.41, 5.74) is 47.2. The standard InChI is InChI=1S/C124H140B2N4/c1-77-63-107-111-109(65-77)129(105-75-95-94(121(23,24)57-58-122(95,25)26)73-100(105)125(111)98-71-85(117(12,13)14)48-55-103(98)127(107)89-50-43-82(44-51-89)114(3,4)5)102-54-47-84(116(9,10)11)68-91(102)81-41-36-42-87(67-81)120(21,22)59-61-124(29)62-60-123(27,28)96-76-106-101(74-97(96)124)126-99-72-86(118(15,16)17)49-56-104(99)128(90-52-45-83(46-53-90)115(6,7)8)108-64-78(2)66-110(112(108)126)130(106)113-92(79-37-32-30-33-38-79)69-88(119(18,19)20)70-93(113)80-39-34-31-35-40-80/h30-56,63-76H,57-62H2,1-29H3. The molecule has 662 valence electrons. The van der Waals surface area contributed by atoms with Gasteiger partial charge in [-0.05, 0) is 331 Å². The molecule has 6 aliphatic rings. The minimum Gasteiger partial charge on any atom is -0.311 e. The van der Waals surface area contributed by atoms with E-state index in [1.54, 1.807) is 0 Å². The Kier molecular flexibility index (Phi) is 20.7. The predicted molar refractivity (Wildman–Crippen MR) is 566 cm³/mol. The Morgan fingerprint density at radius 1 is 0.262 bits per heavy atom. The summed E-state index contributed by atoms with van der Waals surface area (Å²) in [6, 6.07) is 100. The van der Waals surface area contributed by atoms with Gasteiger partial charge in [0.2, 0.25) is 0 Å². The fourth-order valence-electron chi connectivity index (χ4n) is 23.0. The van der Waals surface area contributed by atoms with Crippen LogP contribution in [0.4, 0.5) is 68.2 Å². The molecule has 13 aromatic carbocycles. The molecule has 0 radical (unpaired) electrons. The summed E-state index contributed by atoms with van der Waals surface area (Å²) in [7, 11) is 0. The van der Waals surface area contributed by atoms with Gasteiger partial charge in [-0.25, -0.2) is 0 Å². The maximum atomic E-state index is 2.82. The van der Waals surface area contributed by atoms with Crippen LogP contribution in [-0.4, -0.2) is 13.4 Å². The lowest BCUT2D eigenvalue weighted by molar-refractivity contribution is 0.272. The molecule has 4 nitrogen and oxygen atoms in total. The first kappa shape index (κ1) is 88.5. The summed E-state index contributed by atoms with van der Waals surface area (Å²) in [5.74, 6) is 0. The molecule has 1 unspecified atom stereocenters. The van der Waals surface area contributed by atoms with Gasteiger partial charge < -0.3 is 19.6 Å². The Morgan fingerprint density at radius 3 is 1.05 bits per heavy atom. The minimum atomic E-state index is -0.238. The van der Waals surface area contributed by atoms with E-state index in [0.29, 0.717) is 0 Å². The zero-order valence-electron chi connectivity index (χ0n) is 83.9. The third kappa shape index (κ3) is 15.0. The molecule has 4 aliphatic heterocycles. The SMILES string of the molecule is Cc1cc2c3c(c1)N(c1ccc(C(C)(C)C)cc1-c1cccc(C(C)(C)CCC4(C)CCC(C)(C)c5cc6c(cc54)B4c5cc(C(C)(C)C)ccc5N(c5ccc(C(C)(C)C)cc5)c5cc(C)cc(c54)N6c4c(-c5ccccc5)cc(C(C)(C)C)cc4-c4ccccc4)c1)c1cc4c(cc1B3c1cc(C(C)(C)C)ccc1N2c1ccc(C(C)(C)C)cc1)C(C)(C)CCC4(C)C. The molecule has 0 bridgehead atoms. The van der Waals surface area contributed by atoms with Gasteiger partial charge >= 0.3 is 0 Å².